The topological polar surface area (TPSA) is 67.2 Å². The van der Waals surface area contributed by atoms with Crippen LogP contribution in [-0.2, 0) is 17.4 Å². The summed E-state index contributed by atoms with van der Waals surface area (Å²) in [6, 6.07) is 3.43. The maximum Gasteiger partial charge on any atom is 0.425 e. The second-order valence-electron chi connectivity index (χ2n) is 5.40. The second-order valence-corrected chi connectivity index (χ2v) is 5.40. The van der Waals surface area contributed by atoms with E-state index < -0.39 is 35.7 Å². The Hall–Kier alpha value is -2.42. The van der Waals surface area contributed by atoms with Gasteiger partial charge in [-0.2, -0.15) is 13.2 Å². The number of nitrogens with one attached hydrogen (secondary N) is 1. The second kappa shape index (κ2) is 6.23. The molecule has 0 aliphatic rings. The number of halogens is 4. The summed E-state index contributed by atoms with van der Waals surface area (Å²) in [6.45, 7) is 1.49. The molecule has 0 radical (unpaired) electrons. The van der Waals surface area contributed by atoms with E-state index in [9.17, 15) is 27.5 Å². The highest BCUT2D eigenvalue weighted by atomic mass is 19.4. The molecule has 0 saturated carbocycles. The number of aromatic nitrogens is 2. The van der Waals surface area contributed by atoms with Crippen molar-refractivity contribution in [2.75, 3.05) is 5.32 Å². The highest BCUT2D eigenvalue weighted by Gasteiger charge is 2.58. The van der Waals surface area contributed by atoms with E-state index in [1.165, 1.54) is 26.2 Å². The Morgan fingerprint density at radius 3 is 2.54 bits per heavy atom. The highest BCUT2D eigenvalue weighted by Crippen LogP contribution is 2.40. The Kier molecular flexibility index (Phi) is 4.66. The highest BCUT2D eigenvalue weighted by molar-refractivity contribution is 5.92. The zero-order valence-corrected chi connectivity index (χ0v) is 12.9. The summed E-state index contributed by atoms with van der Waals surface area (Å²) in [5.41, 5.74) is -2.94. The van der Waals surface area contributed by atoms with Gasteiger partial charge in [0, 0.05) is 25.1 Å². The van der Waals surface area contributed by atoms with Crippen LogP contribution >= 0.6 is 0 Å². The average Bonchev–Trinajstić information content (AvgIpc) is 2.87. The molecular weight excluding hydrogens is 330 g/mol. The molecule has 1 unspecified atom stereocenters. The number of hydrogen-bond acceptors (Lipinski definition) is 3. The summed E-state index contributed by atoms with van der Waals surface area (Å²) in [7, 11) is 1.28. The molecule has 1 aromatic carbocycles. The Morgan fingerprint density at radius 1 is 1.38 bits per heavy atom. The molecule has 0 aliphatic heterocycles. The van der Waals surface area contributed by atoms with Crippen molar-refractivity contribution >= 4 is 11.6 Å². The number of hydrogen-bond donors (Lipinski definition) is 2. The molecule has 0 fully saturated rings. The minimum Gasteiger partial charge on any atom is -0.374 e. The summed E-state index contributed by atoms with van der Waals surface area (Å²) in [5.74, 6) is -2.31. The van der Waals surface area contributed by atoms with Crippen LogP contribution in [0.4, 0.5) is 23.2 Å². The lowest BCUT2D eigenvalue weighted by molar-refractivity contribution is -0.270. The normalized spacial score (nSPS) is 14.3. The first-order valence-electron chi connectivity index (χ1n) is 6.87. The number of imidazole rings is 1. The van der Waals surface area contributed by atoms with Crippen LogP contribution in [0.5, 0.6) is 0 Å². The fraction of sp³-hybridized carbons (Fsp3) is 0.333. The summed E-state index contributed by atoms with van der Waals surface area (Å²) in [4.78, 5) is 15.5. The zero-order valence-electron chi connectivity index (χ0n) is 12.9. The number of aliphatic hydroxyl groups is 1. The van der Waals surface area contributed by atoms with Gasteiger partial charge in [-0.3, -0.25) is 4.79 Å². The number of benzene rings is 1. The number of carbonyl (C=O) groups excluding carboxylic acids is 1. The molecule has 2 aromatic rings. The van der Waals surface area contributed by atoms with E-state index in [0.29, 0.717) is 5.56 Å². The van der Waals surface area contributed by atoms with Crippen LogP contribution in [0.15, 0.2) is 30.6 Å². The monoisotopic (exact) mass is 345 g/mol. The van der Waals surface area contributed by atoms with E-state index in [-0.39, 0.29) is 5.69 Å². The van der Waals surface area contributed by atoms with Crippen LogP contribution in [0.1, 0.15) is 17.8 Å². The molecule has 24 heavy (non-hydrogen) atoms. The average molecular weight is 345 g/mol. The maximum absolute atomic E-state index is 13.3. The van der Waals surface area contributed by atoms with Crippen molar-refractivity contribution < 1.29 is 27.5 Å². The zero-order chi connectivity index (χ0) is 18.1. The molecule has 1 heterocycles. The van der Waals surface area contributed by atoms with Gasteiger partial charge < -0.3 is 15.0 Å². The van der Waals surface area contributed by atoms with Crippen LogP contribution in [0.2, 0.25) is 0 Å². The largest absolute Gasteiger partial charge is 0.425 e. The Morgan fingerprint density at radius 2 is 2.04 bits per heavy atom. The van der Waals surface area contributed by atoms with E-state index in [4.69, 9.17) is 0 Å². The van der Waals surface area contributed by atoms with Crippen LogP contribution in [-0.4, -0.2) is 26.7 Å². The maximum atomic E-state index is 13.3. The minimum absolute atomic E-state index is 0.158. The number of aryl methyl sites for hydroxylation is 2. The number of amides is 1. The predicted molar refractivity (Wildman–Crippen MR) is 77.5 cm³/mol. The molecular formula is C15H15F4N3O2. The number of rotatable bonds is 4. The van der Waals surface area contributed by atoms with Gasteiger partial charge in [-0.15, -0.1) is 0 Å². The predicted octanol–water partition coefficient (Wildman–Crippen LogP) is 2.65. The summed E-state index contributed by atoms with van der Waals surface area (Å²) in [5, 5.41) is 12.4. The van der Waals surface area contributed by atoms with Gasteiger partial charge in [0.2, 0.25) is 11.5 Å². The van der Waals surface area contributed by atoms with Gasteiger partial charge in [0.25, 0.3) is 0 Å². The third-order valence-electron chi connectivity index (χ3n) is 3.54. The van der Waals surface area contributed by atoms with Crippen molar-refractivity contribution in [3.05, 3.63) is 47.8 Å². The smallest absolute Gasteiger partial charge is 0.374 e. The van der Waals surface area contributed by atoms with Crippen molar-refractivity contribution in [2.45, 2.75) is 25.1 Å². The Bertz CT molecular complexity index is 757. The molecule has 1 atom stereocenters. The summed E-state index contributed by atoms with van der Waals surface area (Å²) in [6.07, 6.45) is -4.07. The standard InChI is InChI=1S/C15H15F4N3O2/c1-9-7-10(16)3-4-11(9)21-12(23)8-14(24,15(17,18)19)13-20-5-6-22(13)2/h3-7,24H,8H2,1-2H3,(H,21,23). The quantitative estimate of drug-likeness (QED) is 0.837. The Balaban J connectivity index is 2.27. The van der Waals surface area contributed by atoms with Gasteiger partial charge in [-0.25, -0.2) is 9.37 Å². The van der Waals surface area contributed by atoms with E-state index in [1.807, 2.05) is 0 Å². The molecule has 1 amide bonds. The van der Waals surface area contributed by atoms with Crippen molar-refractivity contribution in [1.29, 1.82) is 0 Å². The van der Waals surface area contributed by atoms with Gasteiger partial charge >= 0.3 is 6.18 Å². The van der Waals surface area contributed by atoms with Crippen molar-refractivity contribution in [1.82, 2.24) is 9.55 Å². The summed E-state index contributed by atoms with van der Waals surface area (Å²) < 4.78 is 54.1. The van der Waals surface area contributed by atoms with Crippen molar-refractivity contribution in [3.8, 4) is 0 Å². The molecule has 130 valence electrons. The molecule has 2 N–H and O–H groups in total. The van der Waals surface area contributed by atoms with Gasteiger partial charge in [-0.1, -0.05) is 0 Å². The first kappa shape index (κ1) is 17.9. The van der Waals surface area contributed by atoms with Gasteiger partial charge in [-0.05, 0) is 30.7 Å². The Labute approximate surface area is 134 Å². The molecule has 0 aliphatic carbocycles. The lowest BCUT2D eigenvalue weighted by atomic mass is 9.97. The molecule has 0 spiro atoms. The minimum atomic E-state index is -5.11. The third-order valence-corrected chi connectivity index (χ3v) is 3.54. The van der Waals surface area contributed by atoms with Gasteiger partial charge in [0.15, 0.2) is 5.82 Å². The van der Waals surface area contributed by atoms with Crippen LogP contribution in [0.25, 0.3) is 0 Å². The molecule has 1 aromatic heterocycles. The van der Waals surface area contributed by atoms with Gasteiger partial charge in [0.05, 0.1) is 6.42 Å². The van der Waals surface area contributed by atoms with E-state index in [0.717, 1.165) is 22.9 Å². The third kappa shape index (κ3) is 3.40. The molecule has 0 bridgehead atoms. The molecule has 0 saturated heterocycles. The van der Waals surface area contributed by atoms with E-state index in [2.05, 4.69) is 10.3 Å². The fourth-order valence-electron chi connectivity index (χ4n) is 2.26. The van der Waals surface area contributed by atoms with E-state index >= 15 is 0 Å². The first-order chi connectivity index (χ1) is 11.0. The molecule has 5 nitrogen and oxygen atoms in total. The van der Waals surface area contributed by atoms with Crippen molar-refractivity contribution in [2.24, 2.45) is 7.05 Å². The van der Waals surface area contributed by atoms with E-state index in [1.54, 1.807) is 0 Å². The van der Waals surface area contributed by atoms with Gasteiger partial charge in [0.1, 0.15) is 5.82 Å². The summed E-state index contributed by atoms with van der Waals surface area (Å²) >= 11 is 0. The van der Waals surface area contributed by atoms with Crippen LogP contribution in [0.3, 0.4) is 0 Å². The lowest BCUT2D eigenvalue weighted by Crippen LogP contribution is -2.46. The van der Waals surface area contributed by atoms with Crippen LogP contribution in [0, 0.1) is 12.7 Å². The molecule has 9 heteroatoms. The fourth-order valence-corrected chi connectivity index (χ4v) is 2.26. The number of alkyl halides is 3. The molecule has 2 rings (SSSR count). The number of anilines is 1. The first-order valence-corrected chi connectivity index (χ1v) is 6.87. The number of carbonyl (C=O) groups is 1. The van der Waals surface area contributed by atoms with Crippen LogP contribution < -0.4 is 5.32 Å². The number of nitrogens with zero attached hydrogens (tertiary/aromatic N) is 2. The SMILES string of the molecule is Cc1cc(F)ccc1NC(=O)CC(O)(c1nccn1C)C(F)(F)F. The van der Waals surface area contributed by atoms with Crippen molar-refractivity contribution in [3.63, 3.8) is 0 Å². The lowest BCUT2D eigenvalue weighted by Gasteiger charge is -2.29.